The van der Waals surface area contributed by atoms with Crippen LogP contribution in [0.15, 0.2) is 0 Å². The molecule has 1 unspecified atom stereocenters. The Kier molecular flexibility index (Phi) is 1.71. The summed E-state index contributed by atoms with van der Waals surface area (Å²) in [4.78, 5) is 11.4. The first-order chi connectivity index (χ1) is 4.90. The van der Waals surface area contributed by atoms with E-state index in [1.807, 2.05) is 27.7 Å². The Morgan fingerprint density at radius 2 is 1.91 bits per heavy atom. The van der Waals surface area contributed by atoms with E-state index >= 15 is 0 Å². The first-order valence-corrected chi connectivity index (χ1v) is 4.01. The number of hydrogen-bond donors (Lipinski definition) is 2. The van der Waals surface area contributed by atoms with Gasteiger partial charge >= 0.3 is 0 Å². The summed E-state index contributed by atoms with van der Waals surface area (Å²) in [6, 6.07) is 0. The van der Waals surface area contributed by atoms with E-state index in [9.17, 15) is 4.79 Å². The highest BCUT2D eigenvalue weighted by Crippen LogP contribution is 2.20. The molecule has 1 aliphatic rings. The normalized spacial score (nSPS) is 35.5. The number of nitrogens with one attached hydrogen (secondary N) is 2. The summed E-state index contributed by atoms with van der Waals surface area (Å²) in [6.45, 7) is 7.86. The average molecular weight is 156 g/mol. The zero-order chi connectivity index (χ0) is 8.70. The maximum Gasteiger partial charge on any atom is 0.241 e. The van der Waals surface area contributed by atoms with Gasteiger partial charge in [0.05, 0.1) is 11.2 Å². The van der Waals surface area contributed by atoms with Crippen LogP contribution in [-0.2, 0) is 4.79 Å². The van der Waals surface area contributed by atoms with E-state index in [0.717, 1.165) is 6.42 Å². The summed E-state index contributed by atoms with van der Waals surface area (Å²) < 4.78 is 0. The number of carbonyl (C=O) groups excluding carboxylic acids is 1. The molecule has 64 valence electrons. The van der Waals surface area contributed by atoms with Crippen molar-refractivity contribution in [3.05, 3.63) is 0 Å². The van der Waals surface area contributed by atoms with Crippen LogP contribution in [0.2, 0.25) is 0 Å². The van der Waals surface area contributed by atoms with Gasteiger partial charge in [-0.3, -0.25) is 10.1 Å². The Morgan fingerprint density at radius 1 is 1.36 bits per heavy atom. The lowest BCUT2D eigenvalue weighted by Gasteiger charge is -2.23. The molecule has 3 heteroatoms. The SMILES string of the molecule is CCC1(C)NC(C)(C)NC1=O. The highest BCUT2D eigenvalue weighted by Gasteiger charge is 2.44. The van der Waals surface area contributed by atoms with E-state index in [-0.39, 0.29) is 17.1 Å². The second-order valence-corrected chi connectivity index (χ2v) is 3.89. The quantitative estimate of drug-likeness (QED) is 0.584. The molecule has 1 rings (SSSR count). The molecule has 11 heavy (non-hydrogen) atoms. The van der Waals surface area contributed by atoms with Crippen molar-refractivity contribution in [1.82, 2.24) is 10.6 Å². The van der Waals surface area contributed by atoms with E-state index in [1.54, 1.807) is 0 Å². The summed E-state index contributed by atoms with van der Waals surface area (Å²) in [5, 5.41) is 6.13. The Hall–Kier alpha value is -0.570. The Balaban J connectivity index is 2.82. The predicted molar refractivity (Wildman–Crippen MR) is 44.1 cm³/mol. The highest BCUT2D eigenvalue weighted by atomic mass is 16.2. The van der Waals surface area contributed by atoms with Gasteiger partial charge in [-0.25, -0.2) is 0 Å². The standard InChI is InChI=1S/C8H16N2O/c1-5-8(4)6(11)9-7(2,3)10-8/h10H,5H2,1-4H3,(H,9,11). The average Bonchev–Trinajstić information content (AvgIpc) is 2.03. The van der Waals surface area contributed by atoms with Crippen LogP contribution in [0, 0.1) is 0 Å². The van der Waals surface area contributed by atoms with Crippen LogP contribution in [0.4, 0.5) is 0 Å². The molecule has 0 aromatic carbocycles. The summed E-state index contributed by atoms with van der Waals surface area (Å²) in [6.07, 6.45) is 0.822. The second kappa shape index (κ2) is 2.21. The molecule has 1 aliphatic heterocycles. The van der Waals surface area contributed by atoms with Crippen molar-refractivity contribution in [3.8, 4) is 0 Å². The third kappa shape index (κ3) is 1.38. The second-order valence-electron chi connectivity index (χ2n) is 3.89. The van der Waals surface area contributed by atoms with E-state index in [1.165, 1.54) is 0 Å². The van der Waals surface area contributed by atoms with Gasteiger partial charge in [-0.15, -0.1) is 0 Å². The topological polar surface area (TPSA) is 41.1 Å². The van der Waals surface area contributed by atoms with Gasteiger partial charge < -0.3 is 5.32 Å². The van der Waals surface area contributed by atoms with Crippen LogP contribution in [0.3, 0.4) is 0 Å². The molecule has 0 saturated carbocycles. The van der Waals surface area contributed by atoms with E-state index in [2.05, 4.69) is 10.6 Å². The lowest BCUT2D eigenvalue weighted by Crippen LogP contribution is -2.48. The van der Waals surface area contributed by atoms with Crippen LogP contribution in [0.1, 0.15) is 34.1 Å². The summed E-state index contributed by atoms with van der Waals surface area (Å²) in [5.41, 5.74) is -0.620. The van der Waals surface area contributed by atoms with Crippen molar-refractivity contribution in [2.45, 2.75) is 45.3 Å². The van der Waals surface area contributed by atoms with Gasteiger partial charge in [0.2, 0.25) is 5.91 Å². The maximum atomic E-state index is 11.4. The van der Waals surface area contributed by atoms with E-state index in [0.29, 0.717) is 0 Å². The van der Waals surface area contributed by atoms with Crippen LogP contribution >= 0.6 is 0 Å². The smallest absolute Gasteiger partial charge is 0.241 e. The molecular weight excluding hydrogens is 140 g/mol. The number of hydrogen-bond acceptors (Lipinski definition) is 2. The van der Waals surface area contributed by atoms with Gasteiger partial charge in [-0.2, -0.15) is 0 Å². The third-order valence-corrected chi connectivity index (χ3v) is 2.22. The van der Waals surface area contributed by atoms with Gasteiger partial charge in [0, 0.05) is 0 Å². The lowest BCUT2D eigenvalue weighted by molar-refractivity contribution is -0.123. The minimum atomic E-state index is -0.372. The minimum absolute atomic E-state index is 0.102. The third-order valence-electron chi connectivity index (χ3n) is 2.22. The summed E-state index contributed by atoms with van der Waals surface area (Å²) in [5.74, 6) is 0.102. The van der Waals surface area contributed by atoms with Gasteiger partial charge in [0.15, 0.2) is 0 Å². The first kappa shape index (κ1) is 8.53. The van der Waals surface area contributed by atoms with Crippen LogP contribution in [0.5, 0.6) is 0 Å². The number of rotatable bonds is 1. The van der Waals surface area contributed by atoms with Gasteiger partial charge in [-0.05, 0) is 27.2 Å². The predicted octanol–water partition coefficient (Wildman–Crippen LogP) is 0.611. The fourth-order valence-corrected chi connectivity index (χ4v) is 1.45. The molecule has 0 aromatic rings. The largest absolute Gasteiger partial charge is 0.337 e. The molecule has 0 radical (unpaired) electrons. The summed E-state index contributed by atoms with van der Waals surface area (Å²) in [7, 11) is 0. The molecule has 0 bridgehead atoms. The fourth-order valence-electron chi connectivity index (χ4n) is 1.45. The molecule has 0 aromatic heterocycles. The molecule has 3 nitrogen and oxygen atoms in total. The van der Waals surface area contributed by atoms with Crippen molar-refractivity contribution in [2.24, 2.45) is 0 Å². The Bertz CT molecular complexity index is 189. The monoisotopic (exact) mass is 156 g/mol. The van der Waals surface area contributed by atoms with Crippen molar-refractivity contribution in [1.29, 1.82) is 0 Å². The zero-order valence-electron chi connectivity index (χ0n) is 7.62. The molecule has 2 N–H and O–H groups in total. The minimum Gasteiger partial charge on any atom is -0.337 e. The van der Waals surface area contributed by atoms with Gasteiger partial charge in [-0.1, -0.05) is 6.92 Å². The van der Waals surface area contributed by atoms with Crippen molar-refractivity contribution in [3.63, 3.8) is 0 Å². The first-order valence-electron chi connectivity index (χ1n) is 4.01. The fraction of sp³-hybridized carbons (Fsp3) is 0.875. The van der Waals surface area contributed by atoms with Crippen LogP contribution in [0.25, 0.3) is 0 Å². The maximum absolute atomic E-state index is 11.4. The molecule has 1 fully saturated rings. The number of amides is 1. The Morgan fingerprint density at radius 3 is 2.09 bits per heavy atom. The lowest BCUT2D eigenvalue weighted by atomic mass is 10.00. The van der Waals surface area contributed by atoms with Crippen molar-refractivity contribution >= 4 is 5.91 Å². The Labute approximate surface area is 67.5 Å². The molecule has 0 spiro atoms. The molecule has 1 saturated heterocycles. The van der Waals surface area contributed by atoms with Gasteiger partial charge in [0.25, 0.3) is 0 Å². The molecule has 1 heterocycles. The van der Waals surface area contributed by atoms with Crippen molar-refractivity contribution < 1.29 is 4.79 Å². The van der Waals surface area contributed by atoms with Crippen LogP contribution < -0.4 is 10.6 Å². The van der Waals surface area contributed by atoms with E-state index in [4.69, 9.17) is 0 Å². The molecule has 1 amide bonds. The number of carbonyl (C=O) groups is 1. The molecular formula is C8H16N2O. The van der Waals surface area contributed by atoms with Gasteiger partial charge in [0.1, 0.15) is 0 Å². The highest BCUT2D eigenvalue weighted by molar-refractivity contribution is 5.88. The summed E-state index contributed by atoms with van der Waals surface area (Å²) >= 11 is 0. The molecule has 0 aliphatic carbocycles. The van der Waals surface area contributed by atoms with Crippen LogP contribution in [-0.4, -0.2) is 17.1 Å². The van der Waals surface area contributed by atoms with E-state index < -0.39 is 0 Å². The van der Waals surface area contributed by atoms with Crippen molar-refractivity contribution in [2.75, 3.05) is 0 Å². The zero-order valence-corrected chi connectivity index (χ0v) is 7.62. The molecule has 1 atom stereocenters.